The van der Waals surface area contributed by atoms with Crippen LogP contribution in [0.15, 0.2) is 29.3 Å². The van der Waals surface area contributed by atoms with Gasteiger partial charge in [-0.2, -0.15) is 5.26 Å². The highest BCUT2D eigenvalue weighted by Gasteiger charge is 2.31. The molecule has 0 unspecified atom stereocenters. The Balaban J connectivity index is 2.13. The SMILES string of the molecule is CCC(C)(C)c1ccc(OCCCN2C(=O)CC(C)=C(C#N)C2=O)c(C(C)(C)CC)c1. The van der Waals surface area contributed by atoms with Gasteiger partial charge in [0, 0.05) is 18.5 Å². The molecule has 0 radical (unpaired) electrons. The molecule has 5 nitrogen and oxygen atoms in total. The first-order valence-corrected chi connectivity index (χ1v) is 11.2. The molecule has 0 aliphatic carbocycles. The Morgan fingerprint density at radius 2 is 1.74 bits per heavy atom. The molecule has 1 heterocycles. The Bertz CT molecular complexity index is 919. The first-order chi connectivity index (χ1) is 14.5. The Morgan fingerprint density at radius 3 is 2.32 bits per heavy atom. The van der Waals surface area contributed by atoms with Crippen LogP contribution in [0.4, 0.5) is 0 Å². The molecule has 0 bridgehead atoms. The van der Waals surface area contributed by atoms with Crippen LogP contribution in [-0.4, -0.2) is 29.9 Å². The van der Waals surface area contributed by atoms with Crippen LogP contribution in [0, 0.1) is 11.3 Å². The number of hydrogen-bond acceptors (Lipinski definition) is 4. The van der Waals surface area contributed by atoms with E-state index < -0.39 is 5.91 Å². The van der Waals surface area contributed by atoms with Gasteiger partial charge in [0.05, 0.1) is 6.61 Å². The lowest BCUT2D eigenvalue weighted by atomic mass is 9.76. The van der Waals surface area contributed by atoms with Gasteiger partial charge in [-0.3, -0.25) is 14.5 Å². The van der Waals surface area contributed by atoms with Gasteiger partial charge in [0.2, 0.25) is 5.91 Å². The van der Waals surface area contributed by atoms with Gasteiger partial charge in [0.1, 0.15) is 17.4 Å². The highest BCUT2D eigenvalue weighted by molar-refractivity contribution is 6.10. The smallest absolute Gasteiger partial charge is 0.271 e. The zero-order chi connectivity index (χ0) is 23.4. The molecule has 0 fully saturated rings. The number of benzene rings is 1. The van der Waals surface area contributed by atoms with E-state index in [1.807, 2.05) is 6.07 Å². The lowest BCUT2D eigenvalue weighted by Gasteiger charge is -2.30. The molecular formula is C26H36N2O3. The van der Waals surface area contributed by atoms with Crippen molar-refractivity contribution in [3.05, 3.63) is 40.5 Å². The molecule has 0 atom stereocenters. The van der Waals surface area contributed by atoms with Crippen LogP contribution in [0.5, 0.6) is 5.75 Å². The minimum Gasteiger partial charge on any atom is -0.493 e. The largest absolute Gasteiger partial charge is 0.493 e. The van der Waals surface area contributed by atoms with Gasteiger partial charge in [-0.1, -0.05) is 53.7 Å². The third-order valence-electron chi connectivity index (χ3n) is 6.76. The third-order valence-corrected chi connectivity index (χ3v) is 6.76. The number of nitriles is 1. The van der Waals surface area contributed by atoms with E-state index >= 15 is 0 Å². The number of carbonyl (C=O) groups excluding carboxylic acids is 2. The summed E-state index contributed by atoms with van der Waals surface area (Å²) in [7, 11) is 0. The number of nitrogens with zero attached hydrogens (tertiary/aromatic N) is 2. The Hall–Kier alpha value is -2.61. The molecule has 1 aromatic rings. The molecule has 0 saturated heterocycles. The fraction of sp³-hybridized carbons (Fsp3) is 0.577. The van der Waals surface area contributed by atoms with Gasteiger partial charge in [0.25, 0.3) is 5.91 Å². The number of rotatable bonds is 9. The molecule has 0 spiro atoms. The summed E-state index contributed by atoms with van der Waals surface area (Å²) in [5.74, 6) is 0.114. The van der Waals surface area contributed by atoms with Crippen molar-refractivity contribution in [1.82, 2.24) is 4.90 Å². The quantitative estimate of drug-likeness (QED) is 0.391. The number of amides is 2. The monoisotopic (exact) mass is 424 g/mol. The number of ether oxygens (including phenoxy) is 1. The average molecular weight is 425 g/mol. The van der Waals surface area contributed by atoms with E-state index in [2.05, 4.69) is 59.7 Å². The van der Waals surface area contributed by atoms with E-state index in [-0.39, 0.29) is 35.3 Å². The number of carbonyl (C=O) groups is 2. The predicted molar refractivity (Wildman–Crippen MR) is 123 cm³/mol. The van der Waals surface area contributed by atoms with Crippen molar-refractivity contribution in [2.75, 3.05) is 13.2 Å². The molecule has 1 aliphatic rings. The van der Waals surface area contributed by atoms with E-state index in [4.69, 9.17) is 4.74 Å². The summed E-state index contributed by atoms with van der Waals surface area (Å²) in [6.07, 6.45) is 2.68. The molecule has 168 valence electrons. The molecule has 2 rings (SSSR count). The lowest BCUT2D eigenvalue weighted by molar-refractivity contribution is -0.143. The summed E-state index contributed by atoms with van der Waals surface area (Å²) in [4.78, 5) is 25.8. The molecule has 1 aliphatic heterocycles. The van der Waals surface area contributed by atoms with Gasteiger partial charge in [0.15, 0.2) is 0 Å². The Kier molecular flexibility index (Phi) is 7.70. The minimum atomic E-state index is -0.491. The molecule has 0 N–H and O–H groups in total. The van der Waals surface area contributed by atoms with Crippen LogP contribution >= 0.6 is 0 Å². The predicted octanol–water partition coefficient (Wildman–Crippen LogP) is 5.43. The van der Waals surface area contributed by atoms with Gasteiger partial charge < -0.3 is 4.74 Å². The maximum Gasteiger partial charge on any atom is 0.271 e. The first-order valence-electron chi connectivity index (χ1n) is 11.2. The molecule has 0 saturated carbocycles. The van der Waals surface area contributed by atoms with E-state index in [9.17, 15) is 14.9 Å². The molecule has 2 amide bonds. The Morgan fingerprint density at radius 1 is 1.10 bits per heavy atom. The van der Waals surface area contributed by atoms with Crippen molar-refractivity contribution in [2.24, 2.45) is 0 Å². The fourth-order valence-corrected chi connectivity index (χ4v) is 3.62. The maximum absolute atomic E-state index is 12.4. The van der Waals surface area contributed by atoms with Crippen molar-refractivity contribution >= 4 is 11.8 Å². The average Bonchev–Trinajstić information content (AvgIpc) is 2.73. The zero-order valence-corrected chi connectivity index (χ0v) is 20.1. The van der Waals surface area contributed by atoms with Crippen LogP contribution in [-0.2, 0) is 20.4 Å². The maximum atomic E-state index is 12.4. The van der Waals surface area contributed by atoms with Gasteiger partial charge >= 0.3 is 0 Å². The van der Waals surface area contributed by atoms with E-state index in [1.54, 1.807) is 6.92 Å². The van der Waals surface area contributed by atoms with Crippen molar-refractivity contribution in [3.8, 4) is 11.8 Å². The summed E-state index contributed by atoms with van der Waals surface area (Å²) in [6.45, 7) is 15.6. The normalized spacial score (nSPS) is 15.4. The standard InChI is InChI=1S/C26H36N2O3/c1-8-25(4,5)19-11-12-22(21(16-19)26(6,7)9-2)31-14-10-13-28-23(29)15-18(3)20(17-27)24(28)30/h11-12,16H,8-10,13-15H2,1-7H3. The Labute approximate surface area is 187 Å². The number of imide groups is 1. The summed E-state index contributed by atoms with van der Waals surface area (Å²) >= 11 is 0. The van der Waals surface area contributed by atoms with Crippen LogP contribution in [0.25, 0.3) is 0 Å². The van der Waals surface area contributed by atoms with Crippen molar-refractivity contribution < 1.29 is 14.3 Å². The van der Waals surface area contributed by atoms with E-state index in [0.717, 1.165) is 18.6 Å². The summed E-state index contributed by atoms with van der Waals surface area (Å²) in [6, 6.07) is 8.39. The summed E-state index contributed by atoms with van der Waals surface area (Å²) in [5, 5.41) is 9.19. The van der Waals surface area contributed by atoms with Gasteiger partial charge in [-0.25, -0.2) is 0 Å². The van der Waals surface area contributed by atoms with E-state index in [1.165, 1.54) is 16.0 Å². The van der Waals surface area contributed by atoms with Gasteiger partial charge in [-0.15, -0.1) is 0 Å². The molecular weight excluding hydrogens is 388 g/mol. The number of hydrogen-bond donors (Lipinski definition) is 0. The summed E-state index contributed by atoms with van der Waals surface area (Å²) in [5.41, 5.74) is 3.18. The highest BCUT2D eigenvalue weighted by Crippen LogP contribution is 2.38. The molecule has 31 heavy (non-hydrogen) atoms. The van der Waals surface area contributed by atoms with Crippen LogP contribution in [0.1, 0.15) is 85.3 Å². The second-order valence-corrected chi connectivity index (χ2v) is 9.68. The van der Waals surface area contributed by atoms with Crippen LogP contribution in [0.2, 0.25) is 0 Å². The third kappa shape index (κ3) is 5.36. The molecule has 0 aromatic heterocycles. The van der Waals surface area contributed by atoms with Gasteiger partial charge in [-0.05, 0) is 54.2 Å². The zero-order valence-electron chi connectivity index (χ0n) is 20.1. The van der Waals surface area contributed by atoms with Crippen molar-refractivity contribution in [2.45, 2.75) is 85.0 Å². The molecule has 1 aromatic carbocycles. The fourth-order valence-electron chi connectivity index (χ4n) is 3.62. The van der Waals surface area contributed by atoms with Crippen LogP contribution < -0.4 is 4.74 Å². The lowest BCUT2D eigenvalue weighted by Crippen LogP contribution is -2.42. The van der Waals surface area contributed by atoms with Crippen molar-refractivity contribution in [3.63, 3.8) is 0 Å². The first kappa shape index (κ1) is 24.7. The second-order valence-electron chi connectivity index (χ2n) is 9.68. The topological polar surface area (TPSA) is 70.4 Å². The van der Waals surface area contributed by atoms with Crippen molar-refractivity contribution in [1.29, 1.82) is 5.26 Å². The van der Waals surface area contributed by atoms with Crippen LogP contribution in [0.3, 0.4) is 0 Å². The minimum absolute atomic E-state index is 0.0298. The highest BCUT2D eigenvalue weighted by atomic mass is 16.5. The van der Waals surface area contributed by atoms with E-state index in [0.29, 0.717) is 18.6 Å². The second kappa shape index (κ2) is 9.68. The summed E-state index contributed by atoms with van der Waals surface area (Å²) < 4.78 is 6.14. The molecule has 5 heteroatoms.